The van der Waals surface area contributed by atoms with Gasteiger partial charge in [-0.05, 0) is 49.7 Å². The molecule has 144 valence electrons. The zero-order valence-electron chi connectivity index (χ0n) is 15.9. The highest BCUT2D eigenvalue weighted by Crippen LogP contribution is 2.43. The Morgan fingerprint density at radius 1 is 1.27 bits per heavy atom. The summed E-state index contributed by atoms with van der Waals surface area (Å²) in [4.78, 5) is 2.61. The van der Waals surface area contributed by atoms with Gasteiger partial charge in [0.25, 0.3) is 0 Å². The van der Waals surface area contributed by atoms with Crippen molar-refractivity contribution in [3.8, 4) is 0 Å². The van der Waals surface area contributed by atoms with Gasteiger partial charge in [0.15, 0.2) is 0 Å². The molecule has 0 aliphatic carbocycles. The van der Waals surface area contributed by atoms with Gasteiger partial charge < -0.3 is 4.74 Å². The quantitative estimate of drug-likeness (QED) is 0.807. The average Bonchev–Trinajstić information content (AvgIpc) is 2.64. The molecule has 0 spiro atoms. The Hall–Kier alpha value is -0.950. The predicted molar refractivity (Wildman–Crippen MR) is 103 cm³/mol. The zero-order chi connectivity index (χ0) is 18.3. The Morgan fingerprint density at radius 2 is 2.12 bits per heavy atom. The first-order chi connectivity index (χ1) is 12.5. The maximum Gasteiger partial charge on any atom is 0.216 e. The van der Waals surface area contributed by atoms with Crippen LogP contribution in [-0.4, -0.2) is 62.8 Å². The number of sulfonamides is 1. The zero-order valence-corrected chi connectivity index (χ0v) is 16.7. The second-order valence-electron chi connectivity index (χ2n) is 8.09. The Kier molecular flexibility index (Phi) is 5.12. The summed E-state index contributed by atoms with van der Waals surface area (Å²) < 4.78 is 32.6. The highest BCUT2D eigenvalue weighted by molar-refractivity contribution is 7.89. The van der Waals surface area contributed by atoms with Crippen molar-refractivity contribution in [2.45, 2.75) is 44.7 Å². The fourth-order valence-electron chi connectivity index (χ4n) is 5.17. The first-order valence-corrected chi connectivity index (χ1v) is 11.4. The van der Waals surface area contributed by atoms with Crippen molar-refractivity contribution in [2.24, 2.45) is 5.92 Å². The molecule has 0 aromatic heterocycles. The minimum absolute atomic E-state index is 0.0940. The Morgan fingerprint density at radius 3 is 2.92 bits per heavy atom. The van der Waals surface area contributed by atoms with E-state index in [9.17, 15) is 8.42 Å². The van der Waals surface area contributed by atoms with Gasteiger partial charge in [0.05, 0.1) is 12.4 Å². The average molecular weight is 379 g/mol. The van der Waals surface area contributed by atoms with Gasteiger partial charge in [-0.3, -0.25) is 4.90 Å². The van der Waals surface area contributed by atoms with Crippen LogP contribution >= 0.6 is 0 Å². The molecule has 2 fully saturated rings. The summed E-state index contributed by atoms with van der Waals surface area (Å²) in [5.74, 6) is 0.556. The molecular formula is C20H30N2O3S. The van der Waals surface area contributed by atoms with Crippen LogP contribution in [0.15, 0.2) is 18.2 Å². The van der Waals surface area contributed by atoms with Gasteiger partial charge in [-0.15, -0.1) is 0 Å². The smallest absolute Gasteiger partial charge is 0.216 e. The van der Waals surface area contributed by atoms with Crippen LogP contribution in [-0.2, 0) is 21.2 Å². The minimum Gasteiger partial charge on any atom is -0.384 e. The molecule has 0 amide bonds. The molecule has 5 nitrogen and oxygen atoms in total. The van der Waals surface area contributed by atoms with Gasteiger partial charge in [-0.1, -0.05) is 23.8 Å². The number of fused-ring (bicyclic) bond motifs is 4. The lowest BCUT2D eigenvalue weighted by atomic mass is 9.77. The third-order valence-electron chi connectivity index (χ3n) is 6.47. The number of piperidine rings is 2. The van der Waals surface area contributed by atoms with Crippen molar-refractivity contribution < 1.29 is 13.2 Å². The molecule has 3 aliphatic heterocycles. The van der Waals surface area contributed by atoms with Crippen LogP contribution in [0.1, 0.15) is 42.0 Å². The maximum atomic E-state index is 12.9. The maximum absolute atomic E-state index is 12.9. The number of hydrogen-bond donors (Lipinski definition) is 0. The van der Waals surface area contributed by atoms with E-state index >= 15 is 0 Å². The number of benzene rings is 1. The van der Waals surface area contributed by atoms with Crippen molar-refractivity contribution in [3.05, 3.63) is 34.9 Å². The number of rotatable bonds is 4. The lowest BCUT2D eigenvalue weighted by molar-refractivity contribution is 0.0218. The van der Waals surface area contributed by atoms with E-state index < -0.39 is 10.0 Å². The molecule has 0 radical (unpaired) electrons. The molecule has 0 bridgehead atoms. The van der Waals surface area contributed by atoms with Crippen molar-refractivity contribution in [1.29, 1.82) is 0 Å². The number of methoxy groups -OCH3 is 1. The lowest BCUT2D eigenvalue weighted by Crippen LogP contribution is -2.57. The van der Waals surface area contributed by atoms with E-state index in [-0.39, 0.29) is 18.4 Å². The number of ether oxygens (including phenoxy) is 1. The van der Waals surface area contributed by atoms with E-state index in [0.717, 1.165) is 38.8 Å². The molecule has 0 N–H and O–H groups in total. The van der Waals surface area contributed by atoms with Crippen molar-refractivity contribution in [3.63, 3.8) is 0 Å². The summed E-state index contributed by atoms with van der Waals surface area (Å²) in [5.41, 5.74) is 4.16. The number of aryl methyl sites for hydroxylation is 1. The van der Waals surface area contributed by atoms with Gasteiger partial charge in [-0.25, -0.2) is 8.42 Å². The Labute approximate surface area is 157 Å². The largest absolute Gasteiger partial charge is 0.384 e. The molecule has 3 atom stereocenters. The number of nitrogens with zero attached hydrogens (tertiary/aromatic N) is 2. The highest BCUT2D eigenvalue weighted by Gasteiger charge is 2.45. The summed E-state index contributed by atoms with van der Waals surface area (Å²) in [7, 11) is -1.69. The van der Waals surface area contributed by atoms with Gasteiger partial charge in [0.1, 0.15) is 0 Å². The fraction of sp³-hybridized carbons (Fsp3) is 0.700. The molecule has 6 heteroatoms. The van der Waals surface area contributed by atoms with E-state index in [1.54, 1.807) is 7.11 Å². The van der Waals surface area contributed by atoms with Gasteiger partial charge in [0.2, 0.25) is 10.0 Å². The van der Waals surface area contributed by atoms with Gasteiger partial charge >= 0.3 is 0 Å². The predicted octanol–water partition coefficient (Wildman–Crippen LogP) is 2.35. The van der Waals surface area contributed by atoms with Crippen molar-refractivity contribution >= 4 is 10.0 Å². The Bertz CT molecular complexity index is 764. The van der Waals surface area contributed by atoms with Crippen LogP contribution in [0, 0.1) is 12.8 Å². The molecule has 1 aromatic rings. The fourth-order valence-corrected chi connectivity index (χ4v) is 6.86. The second kappa shape index (κ2) is 7.23. The minimum atomic E-state index is -3.25. The van der Waals surface area contributed by atoms with E-state index in [0.29, 0.717) is 18.5 Å². The molecule has 0 unspecified atom stereocenters. The monoisotopic (exact) mass is 378 g/mol. The third-order valence-corrected chi connectivity index (χ3v) is 8.32. The number of hydrogen-bond acceptors (Lipinski definition) is 4. The summed E-state index contributed by atoms with van der Waals surface area (Å²) in [6.07, 6.45) is 4.15. The second-order valence-corrected chi connectivity index (χ2v) is 10.1. The van der Waals surface area contributed by atoms with E-state index in [1.165, 1.54) is 16.7 Å². The molecule has 1 aromatic carbocycles. The van der Waals surface area contributed by atoms with E-state index in [1.807, 2.05) is 4.31 Å². The lowest BCUT2D eigenvalue weighted by Gasteiger charge is -2.51. The molecule has 4 rings (SSSR count). The van der Waals surface area contributed by atoms with Crippen molar-refractivity contribution in [2.75, 3.05) is 39.1 Å². The third kappa shape index (κ3) is 3.33. The molecule has 3 aliphatic rings. The highest BCUT2D eigenvalue weighted by atomic mass is 32.2. The SMILES string of the molecule is COCCS(=O)(=O)N1CCC[C@@H]2CN3CCc4ccc(C)cc4[C@@H]3C[C@@H]21. The van der Waals surface area contributed by atoms with Gasteiger partial charge in [-0.2, -0.15) is 4.31 Å². The van der Waals surface area contributed by atoms with E-state index in [4.69, 9.17) is 4.74 Å². The molecule has 0 saturated carbocycles. The van der Waals surface area contributed by atoms with Crippen LogP contribution in [0.2, 0.25) is 0 Å². The van der Waals surface area contributed by atoms with Crippen LogP contribution in [0.3, 0.4) is 0 Å². The molecule has 3 heterocycles. The topological polar surface area (TPSA) is 49.9 Å². The van der Waals surface area contributed by atoms with Crippen LogP contribution in [0.4, 0.5) is 0 Å². The first-order valence-electron chi connectivity index (χ1n) is 9.81. The van der Waals surface area contributed by atoms with E-state index in [2.05, 4.69) is 30.0 Å². The van der Waals surface area contributed by atoms with Crippen LogP contribution < -0.4 is 0 Å². The first kappa shape index (κ1) is 18.4. The summed E-state index contributed by atoms with van der Waals surface area (Å²) >= 11 is 0. The van der Waals surface area contributed by atoms with Crippen LogP contribution in [0.25, 0.3) is 0 Å². The van der Waals surface area contributed by atoms with Crippen LogP contribution in [0.5, 0.6) is 0 Å². The molecule has 2 saturated heterocycles. The standard InChI is InChI=1S/C20H30N2O3S/c1-15-5-6-16-7-9-21-14-17-4-3-8-22(26(23,24)11-10-25-2)19(17)13-20(21)18(16)12-15/h5-6,12,17,19-20H,3-4,7-11,13-14H2,1-2H3/t17-,19+,20+/m1/s1. The summed E-state index contributed by atoms with van der Waals surface area (Å²) in [5, 5.41) is 0. The van der Waals surface area contributed by atoms with Crippen molar-refractivity contribution in [1.82, 2.24) is 9.21 Å². The normalized spacial score (nSPS) is 29.7. The summed E-state index contributed by atoms with van der Waals surface area (Å²) in [6.45, 7) is 5.21. The molecular weight excluding hydrogens is 348 g/mol. The van der Waals surface area contributed by atoms with Gasteiger partial charge in [0, 0.05) is 38.8 Å². The Balaban J connectivity index is 1.62. The summed E-state index contributed by atoms with van der Waals surface area (Å²) in [6, 6.07) is 7.28. The molecule has 26 heavy (non-hydrogen) atoms.